The second-order valence-electron chi connectivity index (χ2n) is 5.39. The van der Waals surface area contributed by atoms with Gasteiger partial charge in [-0.1, -0.05) is 19.1 Å². The van der Waals surface area contributed by atoms with Crippen molar-refractivity contribution in [3.63, 3.8) is 0 Å². The van der Waals surface area contributed by atoms with E-state index in [-0.39, 0.29) is 23.9 Å². The van der Waals surface area contributed by atoms with Crippen LogP contribution in [0.15, 0.2) is 24.3 Å². The van der Waals surface area contributed by atoms with E-state index in [1.54, 1.807) is 30.2 Å². The number of rotatable bonds is 2. The number of benzene rings is 1. The molecule has 0 aliphatic carbocycles. The van der Waals surface area contributed by atoms with Crippen molar-refractivity contribution in [3.8, 4) is 5.75 Å². The van der Waals surface area contributed by atoms with Gasteiger partial charge in [-0.25, -0.2) is 9.69 Å². The van der Waals surface area contributed by atoms with Crippen molar-refractivity contribution < 1.29 is 14.3 Å². The summed E-state index contributed by atoms with van der Waals surface area (Å²) in [5.74, 6) is 0.619. The van der Waals surface area contributed by atoms with E-state index in [2.05, 4.69) is 0 Å². The van der Waals surface area contributed by atoms with Gasteiger partial charge in [0.2, 0.25) is 0 Å². The average Bonchev–Trinajstić information content (AvgIpc) is 2.72. The Morgan fingerprint density at radius 2 is 2.00 bits per heavy atom. The summed E-state index contributed by atoms with van der Waals surface area (Å²) in [6.07, 6.45) is 1.94. The summed E-state index contributed by atoms with van der Waals surface area (Å²) >= 11 is 0. The number of carbonyl (C=O) groups is 2. The second kappa shape index (κ2) is 4.81. The van der Waals surface area contributed by atoms with Gasteiger partial charge >= 0.3 is 6.03 Å². The molecule has 20 heavy (non-hydrogen) atoms. The number of methoxy groups -OCH3 is 1. The van der Waals surface area contributed by atoms with Crippen LogP contribution >= 0.6 is 0 Å². The number of ether oxygens (including phenoxy) is 1. The van der Waals surface area contributed by atoms with E-state index in [0.29, 0.717) is 18.0 Å². The number of carbonyl (C=O) groups excluding carboxylic acids is 2. The van der Waals surface area contributed by atoms with Gasteiger partial charge in [0.1, 0.15) is 11.8 Å². The Labute approximate surface area is 118 Å². The van der Waals surface area contributed by atoms with Gasteiger partial charge in [0.25, 0.3) is 5.91 Å². The van der Waals surface area contributed by atoms with Crippen molar-refractivity contribution in [1.29, 1.82) is 0 Å². The third-order valence-corrected chi connectivity index (χ3v) is 4.17. The molecule has 0 aromatic heterocycles. The smallest absolute Gasteiger partial charge is 0.332 e. The topological polar surface area (TPSA) is 49.9 Å². The minimum atomic E-state index is -0.318. The van der Waals surface area contributed by atoms with E-state index in [9.17, 15) is 9.59 Å². The molecule has 3 amide bonds. The van der Waals surface area contributed by atoms with Crippen LogP contribution in [0.25, 0.3) is 0 Å². The molecule has 0 radical (unpaired) electrons. The first-order valence-electron chi connectivity index (χ1n) is 6.92. The third kappa shape index (κ3) is 1.77. The second-order valence-corrected chi connectivity index (χ2v) is 5.39. The van der Waals surface area contributed by atoms with Crippen molar-refractivity contribution in [3.05, 3.63) is 24.3 Å². The summed E-state index contributed by atoms with van der Waals surface area (Å²) < 4.78 is 5.27. The van der Waals surface area contributed by atoms with E-state index in [1.165, 1.54) is 4.90 Å². The zero-order chi connectivity index (χ0) is 14.3. The molecule has 2 aliphatic heterocycles. The van der Waals surface area contributed by atoms with Crippen LogP contribution in [0.3, 0.4) is 0 Å². The number of hydrogen-bond acceptors (Lipinski definition) is 3. The van der Waals surface area contributed by atoms with E-state index in [4.69, 9.17) is 4.74 Å². The molecule has 0 N–H and O–H groups in total. The molecular formula is C15H18N2O3. The number of fused-ring (bicyclic) bond motifs is 1. The highest BCUT2D eigenvalue weighted by Gasteiger charge is 2.50. The van der Waals surface area contributed by atoms with Crippen LogP contribution in [0.2, 0.25) is 0 Å². The van der Waals surface area contributed by atoms with Gasteiger partial charge in [-0.2, -0.15) is 0 Å². The van der Waals surface area contributed by atoms with Crippen LogP contribution < -0.4 is 9.64 Å². The predicted molar refractivity (Wildman–Crippen MR) is 74.8 cm³/mol. The molecule has 2 heterocycles. The van der Waals surface area contributed by atoms with Gasteiger partial charge in [0, 0.05) is 6.54 Å². The fraction of sp³-hybridized carbons (Fsp3) is 0.467. The lowest BCUT2D eigenvalue weighted by Crippen LogP contribution is -2.44. The van der Waals surface area contributed by atoms with Crippen LogP contribution in [0, 0.1) is 5.92 Å². The zero-order valence-electron chi connectivity index (χ0n) is 11.7. The largest absolute Gasteiger partial charge is 0.495 e. The van der Waals surface area contributed by atoms with Gasteiger partial charge < -0.3 is 9.64 Å². The van der Waals surface area contributed by atoms with Crippen molar-refractivity contribution in [2.24, 2.45) is 5.92 Å². The lowest BCUT2D eigenvalue weighted by molar-refractivity contribution is -0.121. The average molecular weight is 274 g/mol. The molecule has 2 saturated heterocycles. The Kier molecular flexibility index (Phi) is 3.12. The van der Waals surface area contributed by atoms with E-state index >= 15 is 0 Å². The summed E-state index contributed by atoms with van der Waals surface area (Å²) in [4.78, 5) is 28.1. The number of imide groups is 1. The van der Waals surface area contributed by atoms with Crippen molar-refractivity contribution in [2.45, 2.75) is 25.8 Å². The predicted octanol–water partition coefficient (Wildman–Crippen LogP) is 2.26. The summed E-state index contributed by atoms with van der Waals surface area (Å²) in [6, 6.07) is 6.59. The summed E-state index contributed by atoms with van der Waals surface area (Å²) in [7, 11) is 1.54. The lowest BCUT2D eigenvalue weighted by Gasteiger charge is -2.31. The maximum atomic E-state index is 12.6. The lowest BCUT2D eigenvalue weighted by atomic mass is 9.91. The van der Waals surface area contributed by atoms with Crippen molar-refractivity contribution in [1.82, 2.24) is 4.90 Å². The number of amides is 3. The Morgan fingerprint density at radius 3 is 2.70 bits per heavy atom. The van der Waals surface area contributed by atoms with Crippen LogP contribution in [-0.4, -0.2) is 36.5 Å². The Hall–Kier alpha value is -2.04. The normalized spacial score (nSPS) is 25.9. The Morgan fingerprint density at radius 1 is 1.25 bits per heavy atom. The number of para-hydroxylation sites is 2. The molecule has 1 aromatic rings. The molecule has 2 fully saturated rings. The van der Waals surface area contributed by atoms with Gasteiger partial charge in [0.05, 0.1) is 12.8 Å². The van der Waals surface area contributed by atoms with Gasteiger partial charge in [0.15, 0.2) is 0 Å². The maximum Gasteiger partial charge on any atom is 0.332 e. The molecule has 0 saturated carbocycles. The van der Waals surface area contributed by atoms with Crippen LogP contribution in [0.4, 0.5) is 10.5 Å². The molecule has 5 heteroatoms. The summed E-state index contributed by atoms with van der Waals surface area (Å²) in [5, 5.41) is 0. The SMILES string of the molecule is COc1ccccc1N1C(=O)C2C(C)CCCN2C1=O. The molecule has 1 aromatic carbocycles. The molecule has 0 spiro atoms. The van der Waals surface area contributed by atoms with E-state index < -0.39 is 0 Å². The minimum Gasteiger partial charge on any atom is -0.495 e. The molecule has 106 valence electrons. The van der Waals surface area contributed by atoms with Crippen LogP contribution in [0.1, 0.15) is 19.8 Å². The number of anilines is 1. The van der Waals surface area contributed by atoms with Gasteiger partial charge in [-0.3, -0.25) is 4.79 Å². The van der Waals surface area contributed by atoms with Crippen molar-refractivity contribution >= 4 is 17.6 Å². The van der Waals surface area contributed by atoms with Crippen LogP contribution in [0.5, 0.6) is 5.75 Å². The Bertz CT molecular complexity index is 558. The van der Waals surface area contributed by atoms with Crippen LogP contribution in [-0.2, 0) is 4.79 Å². The van der Waals surface area contributed by atoms with E-state index in [0.717, 1.165) is 12.8 Å². The summed E-state index contributed by atoms with van der Waals surface area (Å²) in [6.45, 7) is 2.69. The van der Waals surface area contributed by atoms with E-state index in [1.807, 2.05) is 13.0 Å². The molecule has 3 rings (SSSR count). The van der Waals surface area contributed by atoms with Gasteiger partial charge in [-0.15, -0.1) is 0 Å². The number of piperidine rings is 1. The highest BCUT2D eigenvalue weighted by Crippen LogP contribution is 2.37. The fourth-order valence-electron chi connectivity index (χ4n) is 3.17. The van der Waals surface area contributed by atoms with Crippen molar-refractivity contribution in [2.75, 3.05) is 18.6 Å². The first kappa shape index (κ1) is 13.0. The van der Waals surface area contributed by atoms with Gasteiger partial charge in [-0.05, 0) is 30.9 Å². The monoisotopic (exact) mass is 274 g/mol. The highest BCUT2D eigenvalue weighted by molar-refractivity contribution is 6.22. The fourth-order valence-corrected chi connectivity index (χ4v) is 3.17. The standard InChI is InChI=1S/C15H18N2O3/c1-10-6-5-9-16-13(10)14(18)17(15(16)19)11-7-3-4-8-12(11)20-2/h3-4,7-8,10,13H,5-6,9H2,1-2H3. The quantitative estimate of drug-likeness (QED) is 0.777. The highest BCUT2D eigenvalue weighted by atomic mass is 16.5. The Balaban J connectivity index is 2.02. The molecule has 5 nitrogen and oxygen atoms in total. The first-order chi connectivity index (χ1) is 9.65. The summed E-state index contributed by atoms with van der Waals surface area (Å²) in [5.41, 5.74) is 0.534. The zero-order valence-corrected chi connectivity index (χ0v) is 11.7. The first-order valence-corrected chi connectivity index (χ1v) is 6.92. The molecule has 2 atom stereocenters. The number of urea groups is 1. The molecular weight excluding hydrogens is 256 g/mol. The molecule has 2 aliphatic rings. The number of nitrogens with zero attached hydrogens (tertiary/aromatic N) is 2. The minimum absolute atomic E-state index is 0.133. The number of hydrogen-bond donors (Lipinski definition) is 0. The maximum absolute atomic E-state index is 12.6. The molecule has 2 unspecified atom stereocenters. The third-order valence-electron chi connectivity index (χ3n) is 4.17. The molecule has 0 bridgehead atoms.